The van der Waals surface area contributed by atoms with Crippen molar-refractivity contribution in [2.45, 2.75) is 24.3 Å². The molecule has 0 atom stereocenters. The van der Waals surface area contributed by atoms with E-state index in [1.807, 2.05) is 13.8 Å². The van der Waals surface area contributed by atoms with Gasteiger partial charge in [0.2, 0.25) is 20.0 Å². The van der Waals surface area contributed by atoms with Crippen molar-refractivity contribution in [1.29, 1.82) is 0 Å². The fraction of sp³-hybridized carbons (Fsp3) is 0.538. The lowest BCUT2D eigenvalue weighted by molar-refractivity contribution is -0.00770. The molecule has 22 heavy (non-hydrogen) atoms. The molecule has 9 heteroatoms. The Morgan fingerprint density at radius 3 is 2.23 bits per heavy atom. The van der Waals surface area contributed by atoms with Crippen LogP contribution in [0.4, 0.5) is 5.69 Å². The first kappa shape index (κ1) is 17.2. The number of sulfonamides is 2. The smallest absolute Gasteiger partial charge is 0.243 e. The molecule has 0 radical (unpaired) electrons. The van der Waals surface area contributed by atoms with Crippen LogP contribution in [0.5, 0.6) is 0 Å². The fourth-order valence-electron chi connectivity index (χ4n) is 2.33. The molecule has 1 aliphatic rings. The Morgan fingerprint density at radius 2 is 1.73 bits per heavy atom. The average molecular weight is 348 g/mol. The zero-order chi connectivity index (χ0) is 16.6. The third-order valence-electron chi connectivity index (χ3n) is 3.31. The van der Waals surface area contributed by atoms with Gasteiger partial charge in [-0.15, -0.1) is 0 Å². The van der Waals surface area contributed by atoms with Gasteiger partial charge in [-0.25, -0.2) is 16.8 Å². The second-order valence-electron chi connectivity index (χ2n) is 5.84. The van der Waals surface area contributed by atoms with Gasteiger partial charge in [0.25, 0.3) is 0 Å². The Hall–Kier alpha value is -1.16. The lowest BCUT2D eigenvalue weighted by atomic mass is 10.1. The first-order valence-electron chi connectivity index (χ1n) is 6.71. The van der Waals surface area contributed by atoms with E-state index in [1.165, 1.54) is 28.6 Å². The van der Waals surface area contributed by atoms with Gasteiger partial charge >= 0.3 is 0 Å². The van der Waals surface area contributed by atoms with Crippen molar-refractivity contribution in [3.8, 4) is 0 Å². The minimum atomic E-state index is -3.65. The molecule has 2 rings (SSSR count). The van der Waals surface area contributed by atoms with Crippen LogP contribution < -0.4 is 4.72 Å². The predicted octanol–water partition coefficient (Wildman–Crippen LogP) is 0.858. The number of morpholine rings is 1. The van der Waals surface area contributed by atoms with Crippen LogP contribution in [0.15, 0.2) is 29.2 Å². The summed E-state index contributed by atoms with van der Waals surface area (Å²) in [6.45, 7) is 4.60. The zero-order valence-electron chi connectivity index (χ0n) is 12.7. The van der Waals surface area contributed by atoms with E-state index >= 15 is 0 Å². The summed E-state index contributed by atoms with van der Waals surface area (Å²) in [5.74, 6) is 0. The lowest BCUT2D eigenvalue weighted by Crippen LogP contribution is -2.55. The molecule has 7 nitrogen and oxygen atoms in total. The number of nitrogens with one attached hydrogen (secondary N) is 1. The summed E-state index contributed by atoms with van der Waals surface area (Å²) in [7, 11) is -7.04. The number of anilines is 1. The standard InChI is InChI=1S/C13H20N2O5S2/c1-13(2)10-20-9-8-15(13)22(18,19)12-6-4-11(5-7-12)14-21(3,16)17/h4-7,14H,8-10H2,1-3H3. The number of hydrogen-bond donors (Lipinski definition) is 1. The van der Waals surface area contributed by atoms with Crippen LogP contribution in [0.3, 0.4) is 0 Å². The third kappa shape index (κ3) is 3.78. The second-order valence-corrected chi connectivity index (χ2v) is 9.45. The molecule has 1 heterocycles. The highest BCUT2D eigenvalue weighted by atomic mass is 32.2. The number of ether oxygens (including phenoxy) is 1. The summed E-state index contributed by atoms with van der Waals surface area (Å²) >= 11 is 0. The predicted molar refractivity (Wildman–Crippen MR) is 83.7 cm³/mol. The van der Waals surface area contributed by atoms with E-state index in [-0.39, 0.29) is 4.90 Å². The molecule has 0 bridgehead atoms. The van der Waals surface area contributed by atoms with Crippen LogP contribution in [0.25, 0.3) is 0 Å². The van der Waals surface area contributed by atoms with Crippen LogP contribution in [0, 0.1) is 0 Å². The molecular formula is C13H20N2O5S2. The molecule has 0 saturated carbocycles. The Morgan fingerprint density at radius 1 is 1.14 bits per heavy atom. The molecule has 1 fully saturated rings. The highest BCUT2D eigenvalue weighted by molar-refractivity contribution is 7.92. The van der Waals surface area contributed by atoms with E-state index in [1.54, 1.807) is 0 Å². The van der Waals surface area contributed by atoms with E-state index in [2.05, 4.69) is 4.72 Å². The molecule has 1 aromatic carbocycles. The monoisotopic (exact) mass is 348 g/mol. The van der Waals surface area contributed by atoms with Crippen molar-refractivity contribution in [2.24, 2.45) is 0 Å². The van der Waals surface area contributed by atoms with E-state index in [0.717, 1.165) is 6.26 Å². The first-order chi connectivity index (χ1) is 10.0. The second kappa shape index (κ2) is 5.80. The minimum Gasteiger partial charge on any atom is -0.378 e. The number of nitrogens with zero attached hydrogens (tertiary/aromatic N) is 1. The number of hydrogen-bond acceptors (Lipinski definition) is 5. The van der Waals surface area contributed by atoms with Crippen molar-refractivity contribution < 1.29 is 21.6 Å². The molecule has 0 aromatic heterocycles. The Kier molecular flexibility index (Phi) is 4.54. The largest absolute Gasteiger partial charge is 0.378 e. The molecule has 124 valence electrons. The maximum atomic E-state index is 12.7. The van der Waals surface area contributed by atoms with Crippen LogP contribution in [-0.4, -0.2) is 52.7 Å². The summed E-state index contributed by atoms with van der Waals surface area (Å²) in [6, 6.07) is 5.66. The van der Waals surface area contributed by atoms with Gasteiger partial charge in [-0.2, -0.15) is 4.31 Å². The van der Waals surface area contributed by atoms with Crippen LogP contribution in [-0.2, 0) is 24.8 Å². The van der Waals surface area contributed by atoms with Crippen LogP contribution in [0.1, 0.15) is 13.8 Å². The van der Waals surface area contributed by atoms with Gasteiger partial charge in [-0.1, -0.05) is 0 Å². The Labute approximate surface area is 131 Å². The third-order valence-corrected chi connectivity index (χ3v) is 6.05. The van der Waals surface area contributed by atoms with Crippen molar-refractivity contribution in [3.63, 3.8) is 0 Å². The van der Waals surface area contributed by atoms with E-state index in [9.17, 15) is 16.8 Å². The van der Waals surface area contributed by atoms with Crippen molar-refractivity contribution in [1.82, 2.24) is 4.31 Å². The van der Waals surface area contributed by atoms with Gasteiger partial charge in [-0.3, -0.25) is 4.72 Å². The Bertz CT molecular complexity index is 739. The average Bonchev–Trinajstić information content (AvgIpc) is 2.36. The normalized spacial score (nSPS) is 19.8. The van der Waals surface area contributed by atoms with Gasteiger partial charge in [0.1, 0.15) is 0 Å². The number of benzene rings is 1. The van der Waals surface area contributed by atoms with E-state index < -0.39 is 25.6 Å². The maximum absolute atomic E-state index is 12.7. The molecule has 0 unspecified atom stereocenters. The van der Waals surface area contributed by atoms with Gasteiger partial charge in [0, 0.05) is 12.2 Å². The molecule has 0 aliphatic carbocycles. The zero-order valence-corrected chi connectivity index (χ0v) is 14.4. The van der Waals surface area contributed by atoms with Gasteiger partial charge in [0.05, 0.1) is 29.9 Å². The SMILES string of the molecule is CC1(C)COCCN1S(=O)(=O)c1ccc(NS(C)(=O)=O)cc1. The van der Waals surface area contributed by atoms with Crippen molar-refractivity contribution in [3.05, 3.63) is 24.3 Å². The molecule has 1 aliphatic heterocycles. The van der Waals surface area contributed by atoms with Crippen LogP contribution in [0.2, 0.25) is 0 Å². The Balaban J connectivity index is 2.30. The first-order valence-corrected chi connectivity index (χ1v) is 10.0. The molecule has 1 saturated heterocycles. The van der Waals surface area contributed by atoms with Crippen molar-refractivity contribution in [2.75, 3.05) is 30.7 Å². The van der Waals surface area contributed by atoms with Crippen molar-refractivity contribution >= 4 is 25.7 Å². The van der Waals surface area contributed by atoms with E-state index in [4.69, 9.17) is 4.74 Å². The van der Waals surface area contributed by atoms with E-state index in [0.29, 0.717) is 25.4 Å². The molecule has 1 aromatic rings. The molecule has 0 spiro atoms. The van der Waals surface area contributed by atoms with Gasteiger partial charge in [-0.05, 0) is 38.1 Å². The minimum absolute atomic E-state index is 0.126. The summed E-state index contributed by atoms with van der Waals surface area (Å²) in [4.78, 5) is 0.126. The molecular weight excluding hydrogens is 328 g/mol. The van der Waals surface area contributed by atoms with Gasteiger partial charge in [0.15, 0.2) is 0 Å². The highest BCUT2D eigenvalue weighted by Crippen LogP contribution is 2.28. The number of rotatable bonds is 4. The summed E-state index contributed by atoms with van der Waals surface area (Å²) in [6.07, 6.45) is 1.04. The van der Waals surface area contributed by atoms with Gasteiger partial charge < -0.3 is 4.74 Å². The summed E-state index contributed by atoms with van der Waals surface area (Å²) in [5.41, 5.74) is -0.302. The highest BCUT2D eigenvalue weighted by Gasteiger charge is 2.39. The molecule has 1 N–H and O–H groups in total. The lowest BCUT2D eigenvalue weighted by Gasteiger charge is -2.40. The molecule has 0 amide bonds. The quantitative estimate of drug-likeness (QED) is 0.871. The summed E-state index contributed by atoms with van der Waals surface area (Å²) in [5, 5.41) is 0. The topological polar surface area (TPSA) is 92.8 Å². The fourth-order valence-corrected chi connectivity index (χ4v) is 4.64. The maximum Gasteiger partial charge on any atom is 0.243 e. The van der Waals surface area contributed by atoms with Crippen LogP contribution >= 0.6 is 0 Å². The summed E-state index contributed by atoms with van der Waals surface area (Å²) < 4.78 is 56.8.